The highest BCUT2D eigenvalue weighted by atomic mass is 16.5. The predicted molar refractivity (Wildman–Crippen MR) is 86.5 cm³/mol. The number of ether oxygens (including phenoxy) is 2. The van der Waals surface area contributed by atoms with Gasteiger partial charge in [-0.2, -0.15) is 0 Å². The van der Waals surface area contributed by atoms with Crippen molar-refractivity contribution >= 4 is 5.91 Å². The molecule has 0 atom stereocenters. The molecule has 0 radical (unpaired) electrons. The number of benzene rings is 2. The Hall–Kier alpha value is -2.49. The Morgan fingerprint density at radius 2 is 1.68 bits per heavy atom. The summed E-state index contributed by atoms with van der Waals surface area (Å²) in [5.74, 6) is 1.20. The van der Waals surface area contributed by atoms with Crippen LogP contribution >= 0.6 is 0 Å². The summed E-state index contributed by atoms with van der Waals surface area (Å²) < 4.78 is 11.4. The van der Waals surface area contributed by atoms with E-state index in [2.05, 4.69) is 12.1 Å². The highest BCUT2D eigenvalue weighted by molar-refractivity contribution is 5.92. The first-order valence-electron chi connectivity index (χ1n) is 7.29. The predicted octanol–water partition coefficient (Wildman–Crippen LogP) is 3.25. The maximum atomic E-state index is 11.0. The second-order valence-electron chi connectivity index (χ2n) is 5.21. The number of primary amides is 1. The van der Waals surface area contributed by atoms with E-state index in [0.717, 1.165) is 23.5 Å². The number of carbonyl (C=O) groups excluding carboxylic acids is 1. The van der Waals surface area contributed by atoms with Crippen LogP contribution in [0.4, 0.5) is 0 Å². The minimum absolute atomic E-state index is 0.437. The quantitative estimate of drug-likeness (QED) is 0.798. The molecule has 4 nitrogen and oxygen atoms in total. The summed E-state index contributed by atoms with van der Waals surface area (Å²) in [5.41, 5.74) is 7.98. The summed E-state index contributed by atoms with van der Waals surface area (Å²) in [4.78, 5) is 11.0. The summed E-state index contributed by atoms with van der Waals surface area (Å²) >= 11 is 0. The number of amides is 1. The summed E-state index contributed by atoms with van der Waals surface area (Å²) in [6.45, 7) is 5.24. The highest BCUT2D eigenvalue weighted by Crippen LogP contribution is 2.19. The molecule has 116 valence electrons. The molecule has 0 aromatic heterocycles. The van der Waals surface area contributed by atoms with Gasteiger partial charge in [0.2, 0.25) is 5.91 Å². The van der Waals surface area contributed by atoms with Crippen LogP contribution in [0, 0.1) is 13.8 Å². The van der Waals surface area contributed by atoms with Gasteiger partial charge < -0.3 is 15.2 Å². The summed E-state index contributed by atoms with van der Waals surface area (Å²) in [7, 11) is 0. The van der Waals surface area contributed by atoms with Crippen molar-refractivity contribution in [3.05, 3.63) is 59.2 Å². The molecule has 2 N–H and O–H groups in total. The lowest BCUT2D eigenvalue weighted by Gasteiger charge is -2.10. The Balaban J connectivity index is 1.73. The van der Waals surface area contributed by atoms with E-state index in [1.54, 1.807) is 24.3 Å². The lowest BCUT2D eigenvalue weighted by Crippen LogP contribution is -2.10. The summed E-state index contributed by atoms with van der Waals surface area (Å²) in [5, 5.41) is 0. The standard InChI is InChI=1S/C18H21NO3/c1-13-4-5-14(2)17(12-13)22-11-3-10-21-16-8-6-15(7-9-16)18(19)20/h4-9,12H,3,10-11H2,1-2H3,(H2,19,20). The average Bonchev–Trinajstić information content (AvgIpc) is 2.50. The van der Waals surface area contributed by atoms with Crippen LogP contribution < -0.4 is 15.2 Å². The van der Waals surface area contributed by atoms with Crippen molar-refractivity contribution in [2.45, 2.75) is 20.3 Å². The minimum atomic E-state index is -0.437. The minimum Gasteiger partial charge on any atom is -0.493 e. The normalized spacial score (nSPS) is 10.3. The van der Waals surface area contributed by atoms with Gasteiger partial charge in [0, 0.05) is 12.0 Å². The van der Waals surface area contributed by atoms with Crippen LogP contribution in [0.15, 0.2) is 42.5 Å². The van der Waals surface area contributed by atoms with E-state index in [9.17, 15) is 4.79 Å². The molecule has 0 saturated heterocycles. The molecule has 0 unspecified atom stereocenters. The van der Waals surface area contributed by atoms with Crippen molar-refractivity contribution in [1.82, 2.24) is 0 Å². The van der Waals surface area contributed by atoms with Gasteiger partial charge in [-0.3, -0.25) is 4.79 Å². The Bertz CT molecular complexity index is 635. The van der Waals surface area contributed by atoms with Crippen LogP contribution in [0.2, 0.25) is 0 Å². The number of rotatable bonds is 7. The Morgan fingerprint density at radius 3 is 2.36 bits per heavy atom. The fraction of sp³-hybridized carbons (Fsp3) is 0.278. The van der Waals surface area contributed by atoms with E-state index in [0.29, 0.717) is 18.8 Å². The fourth-order valence-electron chi connectivity index (χ4n) is 2.01. The van der Waals surface area contributed by atoms with Gasteiger partial charge in [-0.1, -0.05) is 12.1 Å². The second kappa shape index (κ2) is 7.50. The lowest BCUT2D eigenvalue weighted by atomic mass is 10.1. The first-order chi connectivity index (χ1) is 10.6. The summed E-state index contributed by atoms with van der Waals surface area (Å²) in [6, 6.07) is 13.0. The Kier molecular flexibility index (Phi) is 5.42. The van der Waals surface area contributed by atoms with Gasteiger partial charge in [0.05, 0.1) is 13.2 Å². The molecular formula is C18H21NO3. The molecule has 0 heterocycles. The highest BCUT2D eigenvalue weighted by Gasteiger charge is 2.02. The second-order valence-corrected chi connectivity index (χ2v) is 5.21. The van der Waals surface area contributed by atoms with Crippen molar-refractivity contribution < 1.29 is 14.3 Å². The van der Waals surface area contributed by atoms with E-state index in [1.807, 2.05) is 19.9 Å². The van der Waals surface area contributed by atoms with Crippen molar-refractivity contribution in [2.75, 3.05) is 13.2 Å². The maximum Gasteiger partial charge on any atom is 0.248 e. The molecule has 0 spiro atoms. The zero-order chi connectivity index (χ0) is 15.9. The first kappa shape index (κ1) is 15.9. The SMILES string of the molecule is Cc1ccc(C)c(OCCCOc2ccc(C(N)=O)cc2)c1. The van der Waals surface area contributed by atoms with Gasteiger partial charge in [0.25, 0.3) is 0 Å². The zero-order valence-corrected chi connectivity index (χ0v) is 13.0. The van der Waals surface area contributed by atoms with Crippen LogP contribution in [0.3, 0.4) is 0 Å². The van der Waals surface area contributed by atoms with Gasteiger partial charge in [0.1, 0.15) is 11.5 Å². The van der Waals surface area contributed by atoms with Crippen LogP contribution in [0.1, 0.15) is 27.9 Å². The molecule has 4 heteroatoms. The lowest BCUT2D eigenvalue weighted by molar-refractivity contribution is 0.100. The monoisotopic (exact) mass is 299 g/mol. The Morgan fingerprint density at radius 1 is 1.00 bits per heavy atom. The van der Waals surface area contributed by atoms with Crippen LogP contribution in [-0.4, -0.2) is 19.1 Å². The van der Waals surface area contributed by atoms with Gasteiger partial charge in [-0.15, -0.1) is 0 Å². The van der Waals surface area contributed by atoms with Crippen molar-refractivity contribution in [3.63, 3.8) is 0 Å². The molecular weight excluding hydrogens is 278 g/mol. The van der Waals surface area contributed by atoms with E-state index < -0.39 is 5.91 Å². The van der Waals surface area contributed by atoms with Crippen LogP contribution in [-0.2, 0) is 0 Å². The molecule has 2 aromatic rings. The largest absolute Gasteiger partial charge is 0.493 e. The van der Waals surface area contributed by atoms with Gasteiger partial charge >= 0.3 is 0 Å². The van der Waals surface area contributed by atoms with E-state index in [4.69, 9.17) is 15.2 Å². The molecule has 2 aromatic carbocycles. The van der Waals surface area contributed by atoms with Crippen molar-refractivity contribution in [2.24, 2.45) is 5.73 Å². The van der Waals surface area contributed by atoms with Crippen LogP contribution in [0.25, 0.3) is 0 Å². The third-order valence-corrected chi connectivity index (χ3v) is 3.30. The molecule has 0 fully saturated rings. The zero-order valence-electron chi connectivity index (χ0n) is 13.0. The molecule has 0 saturated carbocycles. The van der Waals surface area contributed by atoms with E-state index in [1.165, 1.54) is 5.56 Å². The smallest absolute Gasteiger partial charge is 0.248 e. The molecule has 0 bridgehead atoms. The average molecular weight is 299 g/mol. The van der Waals surface area contributed by atoms with Crippen LogP contribution in [0.5, 0.6) is 11.5 Å². The fourth-order valence-corrected chi connectivity index (χ4v) is 2.01. The maximum absolute atomic E-state index is 11.0. The molecule has 22 heavy (non-hydrogen) atoms. The number of aryl methyl sites for hydroxylation is 2. The third kappa shape index (κ3) is 4.52. The van der Waals surface area contributed by atoms with Gasteiger partial charge in [-0.25, -0.2) is 0 Å². The topological polar surface area (TPSA) is 61.6 Å². The molecule has 2 rings (SSSR count). The van der Waals surface area contributed by atoms with Gasteiger partial charge in [-0.05, 0) is 55.3 Å². The number of carbonyl (C=O) groups is 1. The van der Waals surface area contributed by atoms with E-state index >= 15 is 0 Å². The molecule has 0 aliphatic rings. The molecule has 1 amide bonds. The van der Waals surface area contributed by atoms with Crippen molar-refractivity contribution in [1.29, 1.82) is 0 Å². The third-order valence-electron chi connectivity index (χ3n) is 3.30. The number of hydrogen-bond acceptors (Lipinski definition) is 3. The van der Waals surface area contributed by atoms with Gasteiger partial charge in [0.15, 0.2) is 0 Å². The number of nitrogens with two attached hydrogens (primary N) is 1. The Labute approximate surface area is 130 Å². The van der Waals surface area contributed by atoms with E-state index in [-0.39, 0.29) is 0 Å². The first-order valence-corrected chi connectivity index (χ1v) is 7.29. The molecule has 0 aliphatic carbocycles. The summed E-state index contributed by atoms with van der Waals surface area (Å²) in [6.07, 6.45) is 0.783. The van der Waals surface area contributed by atoms with Crippen molar-refractivity contribution in [3.8, 4) is 11.5 Å². The molecule has 0 aliphatic heterocycles. The number of hydrogen-bond donors (Lipinski definition) is 1.